The molecule has 1 aromatic rings. The summed E-state index contributed by atoms with van der Waals surface area (Å²) in [4.78, 5) is 0. The van der Waals surface area contributed by atoms with Crippen LogP contribution in [-0.2, 0) is 15.9 Å². The second-order valence-electron chi connectivity index (χ2n) is 5.66. The van der Waals surface area contributed by atoms with Gasteiger partial charge >= 0.3 is 0 Å². The Morgan fingerprint density at radius 1 is 1.19 bits per heavy atom. The van der Waals surface area contributed by atoms with Gasteiger partial charge in [0.2, 0.25) is 0 Å². The summed E-state index contributed by atoms with van der Waals surface area (Å²) < 4.78 is 10.7. The maximum absolute atomic E-state index is 5.65. The topological polar surface area (TPSA) is 30.5 Å². The number of ether oxygens (including phenoxy) is 2. The molecule has 120 valence electrons. The lowest BCUT2D eigenvalue weighted by atomic mass is 9.95. The van der Waals surface area contributed by atoms with Crippen LogP contribution in [0.1, 0.15) is 30.9 Å². The molecule has 1 aromatic carbocycles. The Morgan fingerprint density at radius 3 is 2.76 bits per heavy atom. The van der Waals surface area contributed by atoms with Crippen LogP contribution in [0.3, 0.4) is 0 Å². The molecule has 0 aliphatic carbocycles. The van der Waals surface area contributed by atoms with Gasteiger partial charge in [-0.15, -0.1) is 0 Å². The lowest BCUT2D eigenvalue weighted by Gasteiger charge is -2.18. The van der Waals surface area contributed by atoms with Gasteiger partial charge in [0, 0.05) is 26.9 Å². The molecule has 21 heavy (non-hydrogen) atoms. The predicted molar refractivity (Wildman–Crippen MR) is 88.8 cm³/mol. The van der Waals surface area contributed by atoms with E-state index in [0.717, 1.165) is 52.2 Å². The first kappa shape index (κ1) is 18.1. The first-order valence-electron chi connectivity index (χ1n) is 8.09. The molecule has 0 spiro atoms. The fraction of sp³-hybridized carbons (Fsp3) is 0.667. The van der Waals surface area contributed by atoms with E-state index in [9.17, 15) is 0 Å². The number of nitrogens with one attached hydrogen (secondary N) is 1. The molecule has 1 N–H and O–H groups in total. The van der Waals surface area contributed by atoms with Crippen molar-refractivity contribution in [3.63, 3.8) is 0 Å². The van der Waals surface area contributed by atoms with E-state index in [-0.39, 0.29) is 0 Å². The molecule has 0 fully saturated rings. The average molecular weight is 293 g/mol. The Hall–Kier alpha value is -0.900. The third kappa shape index (κ3) is 8.86. The molecule has 0 aliphatic heterocycles. The molecule has 1 atom stereocenters. The van der Waals surface area contributed by atoms with Crippen LogP contribution in [0.2, 0.25) is 0 Å². The van der Waals surface area contributed by atoms with E-state index < -0.39 is 0 Å². The Bertz CT molecular complexity index is 356. The summed E-state index contributed by atoms with van der Waals surface area (Å²) in [6.45, 7) is 8.73. The fourth-order valence-electron chi connectivity index (χ4n) is 2.43. The zero-order valence-corrected chi connectivity index (χ0v) is 13.9. The molecular formula is C18H31NO2. The van der Waals surface area contributed by atoms with Crippen LogP contribution in [0.4, 0.5) is 0 Å². The summed E-state index contributed by atoms with van der Waals surface area (Å²) in [6, 6.07) is 8.81. The minimum atomic E-state index is 0.612. The van der Waals surface area contributed by atoms with Crippen LogP contribution in [0.15, 0.2) is 24.3 Å². The van der Waals surface area contributed by atoms with Crippen LogP contribution in [0.5, 0.6) is 0 Å². The van der Waals surface area contributed by atoms with Gasteiger partial charge in [-0.1, -0.05) is 36.8 Å². The summed E-state index contributed by atoms with van der Waals surface area (Å²) in [5.74, 6) is 0.612. The molecule has 0 amide bonds. The maximum atomic E-state index is 5.65. The number of aryl methyl sites for hydroxylation is 1. The largest absolute Gasteiger partial charge is 0.383 e. The highest BCUT2D eigenvalue weighted by Gasteiger charge is 2.10. The van der Waals surface area contributed by atoms with Crippen molar-refractivity contribution in [1.82, 2.24) is 5.32 Å². The first-order valence-corrected chi connectivity index (χ1v) is 8.09. The normalized spacial score (nSPS) is 12.5. The highest BCUT2D eigenvalue weighted by Crippen LogP contribution is 2.13. The van der Waals surface area contributed by atoms with Gasteiger partial charge in [0.05, 0.1) is 6.61 Å². The summed E-state index contributed by atoms with van der Waals surface area (Å²) in [7, 11) is 1.74. The SMILES string of the molecule is CCCOCCC(CNCCOC)Cc1cccc(C)c1. The molecule has 1 rings (SSSR count). The number of hydrogen-bond acceptors (Lipinski definition) is 3. The van der Waals surface area contributed by atoms with Crippen molar-refractivity contribution in [2.45, 2.75) is 33.1 Å². The van der Waals surface area contributed by atoms with Crippen molar-refractivity contribution in [2.75, 3.05) is 40.0 Å². The smallest absolute Gasteiger partial charge is 0.0587 e. The fourth-order valence-corrected chi connectivity index (χ4v) is 2.43. The van der Waals surface area contributed by atoms with E-state index in [2.05, 4.69) is 43.4 Å². The van der Waals surface area contributed by atoms with E-state index in [0.29, 0.717) is 5.92 Å². The summed E-state index contributed by atoms with van der Waals surface area (Å²) in [6.07, 6.45) is 3.31. The van der Waals surface area contributed by atoms with Gasteiger partial charge in [-0.2, -0.15) is 0 Å². The van der Waals surface area contributed by atoms with E-state index >= 15 is 0 Å². The Labute approximate surface area is 130 Å². The average Bonchev–Trinajstić information content (AvgIpc) is 2.48. The van der Waals surface area contributed by atoms with Crippen molar-refractivity contribution in [3.8, 4) is 0 Å². The molecule has 0 bridgehead atoms. The minimum absolute atomic E-state index is 0.612. The Kier molecular flexibility index (Phi) is 10.1. The molecule has 0 heterocycles. The first-order chi connectivity index (χ1) is 10.3. The molecular weight excluding hydrogens is 262 g/mol. The quantitative estimate of drug-likeness (QED) is 0.600. The monoisotopic (exact) mass is 293 g/mol. The molecule has 3 nitrogen and oxygen atoms in total. The second kappa shape index (κ2) is 11.7. The second-order valence-corrected chi connectivity index (χ2v) is 5.66. The molecule has 0 radical (unpaired) electrons. The van der Waals surface area contributed by atoms with Crippen molar-refractivity contribution in [3.05, 3.63) is 35.4 Å². The van der Waals surface area contributed by atoms with Gasteiger partial charge in [-0.25, -0.2) is 0 Å². The summed E-state index contributed by atoms with van der Waals surface area (Å²) in [5.41, 5.74) is 2.75. The number of hydrogen-bond donors (Lipinski definition) is 1. The van der Waals surface area contributed by atoms with Crippen LogP contribution >= 0.6 is 0 Å². The Morgan fingerprint density at radius 2 is 2.05 bits per heavy atom. The number of benzene rings is 1. The van der Waals surface area contributed by atoms with Crippen molar-refractivity contribution in [1.29, 1.82) is 0 Å². The third-order valence-electron chi connectivity index (χ3n) is 3.54. The standard InChI is InChI=1S/C18H31NO2/c1-4-10-21-11-8-18(15-19-9-12-20-3)14-17-7-5-6-16(2)13-17/h5-7,13,18-19H,4,8-12,14-15H2,1-3H3. The van der Waals surface area contributed by atoms with Gasteiger partial charge in [0.15, 0.2) is 0 Å². The van der Waals surface area contributed by atoms with Crippen LogP contribution in [0.25, 0.3) is 0 Å². The lowest BCUT2D eigenvalue weighted by Crippen LogP contribution is -2.28. The van der Waals surface area contributed by atoms with Crippen molar-refractivity contribution in [2.24, 2.45) is 5.92 Å². The molecule has 0 saturated carbocycles. The number of methoxy groups -OCH3 is 1. The zero-order chi connectivity index (χ0) is 15.3. The summed E-state index contributed by atoms with van der Waals surface area (Å²) >= 11 is 0. The molecule has 0 aliphatic rings. The van der Waals surface area contributed by atoms with Crippen molar-refractivity contribution >= 4 is 0 Å². The molecule has 3 heteroatoms. The molecule has 1 unspecified atom stereocenters. The maximum Gasteiger partial charge on any atom is 0.0587 e. The number of rotatable bonds is 12. The van der Waals surface area contributed by atoms with Gasteiger partial charge in [-0.05, 0) is 44.2 Å². The lowest BCUT2D eigenvalue weighted by molar-refractivity contribution is 0.119. The zero-order valence-electron chi connectivity index (χ0n) is 13.9. The highest BCUT2D eigenvalue weighted by molar-refractivity contribution is 5.22. The minimum Gasteiger partial charge on any atom is -0.383 e. The predicted octanol–water partition coefficient (Wildman–Crippen LogP) is 3.21. The van der Waals surface area contributed by atoms with Gasteiger partial charge < -0.3 is 14.8 Å². The van der Waals surface area contributed by atoms with Crippen molar-refractivity contribution < 1.29 is 9.47 Å². The van der Waals surface area contributed by atoms with Gasteiger partial charge in [0.25, 0.3) is 0 Å². The van der Waals surface area contributed by atoms with E-state index in [1.54, 1.807) is 7.11 Å². The van der Waals surface area contributed by atoms with Crippen LogP contribution < -0.4 is 5.32 Å². The molecule has 0 saturated heterocycles. The highest BCUT2D eigenvalue weighted by atomic mass is 16.5. The van der Waals surface area contributed by atoms with Gasteiger partial charge in [-0.3, -0.25) is 0 Å². The van der Waals surface area contributed by atoms with Crippen LogP contribution in [0, 0.1) is 12.8 Å². The molecule has 0 aromatic heterocycles. The van der Waals surface area contributed by atoms with Gasteiger partial charge in [0.1, 0.15) is 0 Å². The van der Waals surface area contributed by atoms with E-state index in [4.69, 9.17) is 9.47 Å². The summed E-state index contributed by atoms with van der Waals surface area (Å²) in [5, 5.41) is 3.48. The Balaban J connectivity index is 2.41. The van der Waals surface area contributed by atoms with E-state index in [1.807, 2.05) is 0 Å². The third-order valence-corrected chi connectivity index (χ3v) is 3.54. The van der Waals surface area contributed by atoms with E-state index in [1.165, 1.54) is 11.1 Å². The van der Waals surface area contributed by atoms with Crippen LogP contribution in [-0.4, -0.2) is 40.0 Å².